The van der Waals surface area contributed by atoms with Gasteiger partial charge in [-0.25, -0.2) is 0 Å². The van der Waals surface area contributed by atoms with E-state index in [1.165, 1.54) is 54.1 Å². The lowest BCUT2D eigenvalue weighted by molar-refractivity contribution is 0.952. The van der Waals surface area contributed by atoms with Gasteiger partial charge in [-0.2, -0.15) is 0 Å². The number of aromatic nitrogens is 2. The fourth-order valence-corrected chi connectivity index (χ4v) is 6.29. The number of hydrogen-bond acceptors (Lipinski definition) is 0. The third kappa shape index (κ3) is 4.25. The van der Waals surface area contributed by atoms with Crippen LogP contribution in [0.5, 0.6) is 0 Å². The minimum Gasteiger partial charge on any atom is -0.337 e. The van der Waals surface area contributed by atoms with Crippen molar-refractivity contribution in [3.05, 3.63) is 72.1 Å². The van der Waals surface area contributed by atoms with E-state index in [0.717, 1.165) is 11.4 Å². The molecule has 6 aromatic rings. The van der Waals surface area contributed by atoms with E-state index >= 15 is 0 Å². The summed E-state index contributed by atoms with van der Waals surface area (Å²) in [5, 5.41) is 10.2. The average molecular weight is 527 g/mol. The Balaban J connectivity index is 1.57. The molecule has 0 radical (unpaired) electrons. The monoisotopic (exact) mass is 526 g/mol. The predicted octanol–water partition coefficient (Wildman–Crippen LogP) is 8.59. The van der Waals surface area contributed by atoms with E-state index in [9.17, 15) is 0 Å². The molecule has 188 valence electrons. The summed E-state index contributed by atoms with van der Waals surface area (Å²) in [6.45, 7) is 13.7. The molecule has 0 saturated heterocycles. The van der Waals surface area contributed by atoms with Crippen LogP contribution in [0.1, 0.15) is 11.4 Å². The van der Waals surface area contributed by atoms with E-state index < -0.39 is 16.1 Å². The zero-order valence-corrected chi connectivity index (χ0v) is 25.7. The van der Waals surface area contributed by atoms with E-state index in [-0.39, 0.29) is 0 Å². The second-order valence-electron chi connectivity index (χ2n) is 12.7. The van der Waals surface area contributed by atoms with Gasteiger partial charge in [0.1, 0.15) is 16.1 Å². The Morgan fingerprint density at radius 1 is 0.474 bits per heavy atom. The molecule has 0 bridgehead atoms. The molecule has 2 aromatic heterocycles. The molecule has 0 atom stereocenters. The summed E-state index contributed by atoms with van der Waals surface area (Å²) in [6, 6.07) is 23.0. The van der Waals surface area contributed by atoms with Crippen molar-refractivity contribution in [2.45, 2.75) is 39.3 Å². The molecule has 4 heteroatoms. The van der Waals surface area contributed by atoms with E-state index in [0.29, 0.717) is 0 Å². The van der Waals surface area contributed by atoms with Gasteiger partial charge >= 0.3 is 0 Å². The number of rotatable bonds is 0. The number of fused-ring (bicyclic) bond motifs is 7. The van der Waals surface area contributed by atoms with Crippen molar-refractivity contribution in [1.82, 2.24) is 9.13 Å². The van der Waals surface area contributed by atoms with E-state index in [4.69, 9.17) is 0 Å². The average Bonchev–Trinajstić information content (AvgIpc) is 3.33. The van der Waals surface area contributed by atoms with Gasteiger partial charge in [0, 0.05) is 35.9 Å². The standard InChI is InChI=1S/C34H34N2Si2/c1-35-27(13-15-37(3,4)5)17-25-19-31-23(21-33(25)35)9-11-30-29(31)12-10-24-22-34-26(20-32(24)30)18-28(36(34)2)14-16-38(6,7)8/h9-12,17-22H,1-8H3. The van der Waals surface area contributed by atoms with Gasteiger partial charge in [0.2, 0.25) is 0 Å². The summed E-state index contributed by atoms with van der Waals surface area (Å²) in [7, 11) is 1.38. The third-order valence-electron chi connectivity index (χ3n) is 7.29. The third-order valence-corrected chi connectivity index (χ3v) is 9.04. The molecule has 38 heavy (non-hydrogen) atoms. The fourth-order valence-electron chi connectivity index (χ4n) is 5.28. The first kappa shape index (κ1) is 24.6. The zero-order valence-electron chi connectivity index (χ0n) is 23.7. The molecule has 0 fully saturated rings. The fraction of sp³-hybridized carbons (Fsp3) is 0.235. The molecule has 0 unspecified atom stereocenters. The molecule has 0 aliphatic heterocycles. The number of aryl methyl sites for hydroxylation is 2. The van der Waals surface area contributed by atoms with E-state index in [1.807, 2.05) is 0 Å². The molecular formula is C34H34N2Si2. The van der Waals surface area contributed by atoms with Gasteiger partial charge in [-0.05, 0) is 68.7 Å². The van der Waals surface area contributed by atoms with Crippen LogP contribution in [0.2, 0.25) is 39.3 Å². The summed E-state index contributed by atoms with van der Waals surface area (Å²) in [5.41, 5.74) is 11.7. The van der Waals surface area contributed by atoms with Gasteiger partial charge in [-0.3, -0.25) is 0 Å². The Kier molecular flexibility index (Phi) is 5.44. The van der Waals surface area contributed by atoms with Gasteiger partial charge in [0.15, 0.2) is 0 Å². The van der Waals surface area contributed by atoms with Crippen LogP contribution in [0.3, 0.4) is 0 Å². The van der Waals surface area contributed by atoms with Crippen LogP contribution >= 0.6 is 0 Å². The summed E-state index contributed by atoms with van der Waals surface area (Å²) < 4.78 is 4.47. The van der Waals surface area contributed by atoms with Gasteiger partial charge in [0.25, 0.3) is 0 Å². The van der Waals surface area contributed by atoms with Crippen molar-refractivity contribution in [3.8, 4) is 22.9 Å². The molecule has 0 aliphatic carbocycles. The smallest absolute Gasteiger partial charge is 0.129 e. The van der Waals surface area contributed by atoms with Gasteiger partial charge in [-0.1, -0.05) is 75.4 Å². The Labute approximate surface area is 227 Å². The first-order valence-electron chi connectivity index (χ1n) is 13.3. The molecule has 0 saturated carbocycles. The highest BCUT2D eigenvalue weighted by molar-refractivity contribution is 6.84. The van der Waals surface area contributed by atoms with Gasteiger partial charge in [0.05, 0.1) is 11.4 Å². The maximum atomic E-state index is 3.53. The highest BCUT2D eigenvalue weighted by atomic mass is 28.3. The lowest BCUT2D eigenvalue weighted by atomic mass is 9.95. The van der Waals surface area contributed by atoms with Crippen molar-refractivity contribution in [2.24, 2.45) is 14.1 Å². The number of nitrogens with zero attached hydrogens (tertiary/aromatic N) is 2. The van der Waals surface area contributed by atoms with Gasteiger partial charge in [-0.15, -0.1) is 11.1 Å². The minimum atomic E-state index is -1.44. The molecule has 2 nitrogen and oxygen atoms in total. The molecule has 4 aromatic carbocycles. The Hall–Kier alpha value is -3.71. The largest absolute Gasteiger partial charge is 0.337 e. The molecule has 0 amide bonds. The first-order valence-corrected chi connectivity index (χ1v) is 20.3. The maximum Gasteiger partial charge on any atom is 0.129 e. The van der Waals surface area contributed by atoms with E-state index in [2.05, 4.69) is 146 Å². The Morgan fingerprint density at radius 2 is 0.868 bits per heavy atom. The highest BCUT2D eigenvalue weighted by Crippen LogP contribution is 2.36. The van der Waals surface area contributed by atoms with Crippen molar-refractivity contribution in [1.29, 1.82) is 0 Å². The summed E-state index contributed by atoms with van der Waals surface area (Å²) in [4.78, 5) is 0. The predicted molar refractivity (Wildman–Crippen MR) is 172 cm³/mol. The Bertz CT molecular complexity index is 1920. The summed E-state index contributed by atoms with van der Waals surface area (Å²) in [5.74, 6) is 6.93. The molecule has 2 heterocycles. The molecular weight excluding hydrogens is 493 g/mol. The molecule has 6 rings (SSSR count). The Morgan fingerprint density at radius 3 is 1.24 bits per heavy atom. The molecule has 0 spiro atoms. The first-order chi connectivity index (χ1) is 17.9. The van der Waals surface area contributed by atoms with Crippen LogP contribution in [-0.2, 0) is 14.1 Å². The van der Waals surface area contributed by atoms with Crippen LogP contribution in [-0.4, -0.2) is 25.3 Å². The van der Waals surface area contributed by atoms with Gasteiger partial charge < -0.3 is 9.13 Å². The lowest BCUT2D eigenvalue weighted by Crippen LogP contribution is -2.16. The van der Waals surface area contributed by atoms with Crippen LogP contribution in [0.15, 0.2) is 60.7 Å². The van der Waals surface area contributed by atoms with Crippen molar-refractivity contribution >= 4 is 70.3 Å². The molecule has 0 aliphatic rings. The van der Waals surface area contributed by atoms with Crippen molar-refractivity contribution < 1.29 is 0 Å². The zero-order chi connectivity index (χ0) is 27.0. The topological polar surface area (TPSA) is 9.86 Å². The van der Waals surface area contributed by atoms with Crippen LogP contribution < -0.4 is 0 Å². The van der Waals surface area contributed by atoms with Crippen LogP contribution in [0.25, 0.3) is 54.1 Å². The maximum absolute atomic E-state index is 3.53. The number of benzene rings is 4. The van der Waals surface area contributed by atoms with E-state index in [1.54, 1.807) is 0 Å². The molecule has 0 N–H and O–H groups in total. The highest BCUT2D eigenvalue weighted by Gasteiger charge is 2.13. The van der Waals surface area contributed by atoms with Crippen LogP contribution in [0, 0.1) is 22.9 Å². The second-order valence-corrected chi connectivity index (χ2v) is 22.2. The lowest BCUT2D eigenvalue weighted by Gasteiger charge is -2.10. The quantitative estimate of drug-likeness (QED) is 0.107. The SMILES string of the molecule is Cn1c(C#C[Si](C)(C)C)cc2cc3c(ccc4c5cc6cc(C#C[Si](C)(C)C)n(C)c6cc5ccc34)cc21. The van der Waals surface area contributed by atoms with Crippen molar-refractivity contribution in [2.75, 3.05) is 0 Å². The second kappa shape index (κ2) is 8.40. The van der Waals surface area contributed by atoms with Crippen molar-refractivity contribution in [3.63, 3.8) is 0 Å². The summed E-state index contributed by atoms with van der Waals surface area (Å²) >= 11 is 0. The number of hydrogen-bond donors (Lipinski definition) is 0. The van der Waals surface area contributed by atoms with Crippen LogP contribution in [0.4, 0.5) is 0 Å². The summed E-state index contributed by atoms with van der Waals surface area (Å²) in [6.07, 6.45) is 0. The normalized spacial score (nSPS) is 12.3. The minimum absolute atomic E-state index is 1.09.